The molecule has 0 aromatic heterocycles. The van der Waals surface area contributed by atoms with Crippen molar-refractivity contribution in [3.8, 4) is 0 Å². The molecule has 1 rings (SSSR count). The highest BCUT2D eigenvalue weighted by Crippen LogP contribution is 2.14. The van der Waals surface area contributed by atoms with Crippen molar-refractivity contribution in [3.05, 3.63) is 29.8 Å². The fourth-order valence-electron chi connectivity index (χ4n) is 1.02. The maximum absolute atomic E-state index is 13.2. The Morgan fingerprint density at radius 3 is 2.65 bits per heavy atom. The van der Waals surface area contributed by atoms with E-state index in [-0.39, 0.29) is 11.5 Å². The zero-order valence-corrected chi connectivity index (χ0v) is 9.05. The highest BCUT2D eigenvalue weighted by atomic mass is 19.1. The van der Waals surface area contributed by atoms with Gasteiger partial charge in [0, 0.05) is 6.07 Å². The Morgan fingerprint density at radius 1 is 1.47 bits per heavy atom. The second-order valence-corrected chi connectivity index (χ2v) is 3.40. The number of anilines is 1. The fraction of sp³-hybridized carbons (Fsp3) is 0.200. The predicted molar refractivity (Wildman–Crippen MR) is 59.9 cm³/mol. The molecule has 0 bridgehead atoms. The van der Waals surface area contributed by atoms with Crippen LogP contribution in [0.25, 0.3) is 0 Å². The number of nitrogens with two attached hydrogens (primary N) is 1. The Balaban J connectivity index is 2.65. The molecule has 1 aromatic rings. The second kappa shape index (κ2) is 5.24. The van der Waals surface area contributed by atoms with E-state index < -0.39 is 23.7 Å². The van der Waals surface area contributed by atoms with Gasteiger partial charge in [-0.1, -0.05) is 0 Å². The summed E-state index contributed by atoms with van der Waals surface area (Å²) in [5, 5.41) is 11.5. The Labute approximate surface area is 96.5 Å². The minimum atomic E-state index is -0.879. The normalized spacial score (nSPS) is 11.7. The number of amides is 2. The van der Waals surface area contributed by atoms with Crippen LogP contribution in [0.1, 0.15) is 6.92 Å². The number of halogens is 2. The van der Waals surface area contributed by atoms with Gasteiger partial charge in [-0.15, -0.1) is 0 Å². The first kappa shape index (κ1) is 12.9. The quantitative estimate of drug-likeness (QED) is 0.476. The number of carbonyl (C=O) groups is 1. The molecule has 0 saturated heterocycles. The van der Waals surface area contributed by atoms with Crippen LogP contribution in [0.2, 0.25) is 0 Å². The van der Waals surface area contributed by atoms with Crippen molar-refractivity contribution >= 4 is 17.6 Å². The fourth-order valence-corrected chi connectivity index (χ4v) is 1.02. The van der Waals surface area contributed by atoms with E-state index in [1.165, 1.54) is 6.92 Å². The van der Waals surface area contributed by atoms with Crippen LogP contribution in [0.4, 0.5) is 19.3 Å². The lowest BCUT2D eigenvalue weighted by Gasteiger charge is -2.13. The highest BCUT2D eigenvalue weighted by molar-refractivity contribution is 5.93. The average molecular weight is 242 g/mol. The number of hydrogen-bond donors (Lipinski definition) is 4. The van der Waals surface area contributed by atoms with E-state index in [9.17, 15) is 13.6 Å². The molecule has 0 saturated carbocycles. The van der Waals surface area contributed by atoms with Crippen LogP contribution in [0.15, 0.2) is 18.2 Å². The van der Waals surface area contributed by atoms with Crippen LogP contribution >= 0.6 is 0 Å². The van der Waals surface area contributed by atoms with Gasteiger partial charge in [0.05, 0.1) is 11.7 Å². The van der Waals surface area contributed by atoms with Crippen molar-refractivity contribution in [3.63, 3.8) is 0 Å². The van der Waals surface area contributed by atoms with E-state index in [0.29, 0.717) is 6.07 Å². The van der Waals surface area contributed by atoms with E-state index in [2.05, 4.69) is 10.6 Å². The lowest BCUT2D eigenvalue weighted by Crippen LogP contribution is -2.43. The van der Waals surface area contributed by atoms with Crippen molar-refractivity contribution in [1.82, 2.24) is 5.32 Å². The molecule has 0 aliphatic heterocycles. The summed E-state index contributed by atoms with van der Waals surface area (Å²) in [6, 6.07) is 1.39. The molecule has 0 aliphatic rings. The second-order valence-electron chi connectivity index (χ2n) is 3.40. The van der Waals surface area contributed by atoms with Gasteiger partial charge in [0.2, 0.25) is 0 Å². The van der Waals surface area contributed by atoms with Gasteiger partial charge in [-0.3, -0.25) is 5.41 Å². The molecule has 92 valence electrons. The highest BCUT2D eigenvalue weighted by Gasteiger charge is 2.11. The van der Waals surface area contributed by atoms with Crippen LogP contribution in [0.3, 0.4) is 0 Å². The van der Waals surface area contributed by atoms with Crippen molar-refractivity contribution in [2.45, 2.75) is 13.0 Å². The molecule has 5 N–H and O–H groups in total. The number of carbonyl (C=O) groups excluding carboxylic acids is 1. The number of urea groups is 1. The van der Waals surface area contributed by atoms with Gasteiger partial charge < -0.3 is 16.4 Å². The molecule has 0 aliphatic carbocycles. The van der Waals surface area contributed by atoms with Gasteiger partial charge in [0.15, 0.2) is 0 Å². The van der Waals surface area contributed by atoms with Gasteiger partial charge in [-0.25, -0.2) is 13.6 Å². The standard InChI is InChI=1S/C10H12F2N4O/c1-5(9(13)14)15-10(17)16-8-3-2-6(11)4-7(8)12/h2-5H,1H3,(H3,13,14)(H2,15,16,17). The van der Waals surface area contributed by atoms with Crippen molar-refractivity contribution < 1.29 is 13.6 Å². The summed E-state index contributed by atoms with van der Waals surface area (Å²) in [4.78, 5) is 11.3. The van der Waals surface area contributed by atoms with Crippen LogP contribution in [-0.2, 0) is 0 Å². The molecule has 0 spiro atoms. The third-order valence-electron chi connectivity index (χ3n) is 1.99. The Bertz CT molecular complexity index is 450. The minimum Gasteiger partial charge on any atom is -0.386 e. The van der Waals surface area contributed by atoms with Gasteiger partial charge >= 0.3 is 6.03 Å². The van der Waals surface area contributed by atoms with E-state index in [0.717, 1.165) is 12.1 Å². The summed E-state index contributed by atoms with van der Waals surface area (Å²) < 4.78 is 25.7. The van der Waals surface area contributed by atoms with Crippen LogP contribution in [0.5, 0.6) is 0 Å². The topological polar surface area (TPSA) is 91.0 Å². The van der Waals surface area contributed by atoms with Gasteiger partial charge in [-0.2, -0.15) is 0 Å². The molecule has 7 heteroatoms. The minimum absolute atomic E-state index is 0.153. The van der Waals surface area contributed by atoms with Crippen LogP contribution in [-0.4, -0.2) is 17.9 Å². The predicted octanol–water partition coefficient (Wildman–Crippen LogP) is 1.41. The molecule has 5 nitrogen and oxygen atoms in total. The summed E-state index contributed by atoms with van der Waals surface area (Å²) in [7, 11) is 0. The number of hydrogen-bond acceptors (Lipinski definition) is 2. The number of nitrogens with one attached hydrogen (secondary N) is 3. The van der Waals surface area contributed by atoms with Gasteiger partial charge in [0.25, 0.3) is 0 Å². The summed E-state index contributed by atoms with van der Waals surface area (Å²) in [5.41, 5.74) is 4.99. The maximum atomic E-state index is 13.2. The number of benzene rings is 1. The lowest BCUT2D eigenvalue weighted by atomic mass is 10.3. The smallest absolute Gasteiger partial charge is 0.319 e. The lowest BCUT2D eigenvalue weighted by molar-refractivity contribution is 0.251. The molecule has 0 fully saturated rings. The molecule has 1 aromatic carbocycles. The summed E-state index contributed by atoms with van der Waals surface area (Å²) in [5.74, 6) is -1.83. The summed E-state index contributed by atoms with van der Waals surface area (Å²) in [6.07, 6.45) is 0. The third-order valence-corrected chi connectivity index (χ3v) is 1.99. The molecule has 17 heavy (non-hydrogen) atoms. The summed E-state index contributed by atoms with van der Waals surface area (Å²) >= 11 is 0. The SMILES string of the molecule is CC(NC(=O)Nc1ccc(F)cc1F)C(=N)N. The van der Waals surface area contributed by atoms with Gasteiger partial charge in [-0.05, 0) is 19.1 Å². The largest absolute Gasteiger partial charge is 0.386 e. The third kappa shape index (κ3) is 3.71. The zero-order chi connectivity index (χ0) is 13.0. The van der Waals surface area contributed by atoms with E-state index >= 15 is 0 Å². The first-order chi connectivity index (χ1) is 7.90. The number of amidine groups is 1. The molecule has 0 heterocycles. The van der Waals surface area contributed by atoms with Gasteiger partial charge in [0.1, 0.15) is 17.5 Å². The van der Waals surface area contributed by atoms with Crippen LogP contribution in [0, 0.1) is 17.0 Å². The van der Waals surface area contributed by atoms with E-state index in [4.69, 9.17) is 11.1 Å². The monoisotopic (exact) mass is 242 g/mol. The Kier molecular flexibility index (Phi) is 3.97. The van der Waals surface area contributed by atoms with Crippen molar-refractivity contribution in [1.29, 1.82) is 5.41 Å². The number of rotatable bonds is 3. The zero-order valence-electron chi connectivity index (χ0n) is 9.05. The Hall–Kier alpha value is -2.18. The molecular weight excluding hydrogens is 230 g/mol. The molecular formula is C10H12F2N4O. The molecule has 0 radical (unpaired) electrons. The first-order valence-electron chi connectivity index (χ1n) is 4.76. The summed E-state index contributed by atoms with van der Waals surface area (Å²) in [6.45, 7) is 1.50. The van der Waals surface area contributed by atoms with Crippen LogP contribution < -0.4 is 16.4 Å². The maximum Gasteiger partial charge on any atom is 0.319 e. The van der Waals surface area contributed by atoms with Crippen molar-refractivity contribution in [2.75, 3.05) is 5.32 Å². The Morgan fingerprint density at radius 2 is 2.12 bits per heavy atom. The van der Waals surface area contributed by atoms with Crippen molar-refractivity contribution in [2.24, 2.45) is 5.73 Å². The molecule has 2 amide bonds. The average Bonchev–Trinajstić information content (AvgIpc) is 2.22. The molecule has 1 atom stereocenters. The van der Waals surface area contributed by atoms with E-state index in [1.54, 1.807) is 0 Å². The molecule has 1 unspecified atom stereocenters. The first-order valence-corrected chi connectivity index (χ1v) is 4.76. The van der Waals surface area contributed by atoms with E-state index in [1.807, 2.05) is 0 Å².